The molecule has 1 heterocycles. The largest absolute Gasteiger partial charge is 0.445 e. The maximum atomic E-state index is 13.2. The zero-order valence-corrected chi connectivity index (χ0v) is 22.6. The molecule has 6 nitrogen and oxygen atoms in total. The second kappa shape index (κ2) is 10.9. The van der Waals surface area contributed by atoms with Crippen molar-refractivity contribution in [1.29, 1.82) is 0 Å². The SMILES string of the molecule is C=CCOC(=O)N1C(=O)[C@H]([C@@H](C)O[Si](C)(C)C(C)(C)C)[C@H]1[C@@H](C)C(=O)SC1CCCCC1. The average molecular weight is 484 g/mol. The van der Waals surface area contributed by atoms with Crippen LogP contribution in [0.5, 0.6) is 0 Å². The summed E-state index contributed by atoms with van der Waals surface area (Å²) in [5.41, 5.74) is 0. The molecule has 2 rings (SSSR count). The maximum Gasteiger partial charge on any atom is 0.417 e. The van der Waals surface area contributed by atoms with Gasteiger partial charge in [-0.3, -0.25) is 9.59 Å². The lowest BCUT2D eigenvalue weighted by Gasteiger charge is -2.51. The summed E-state index contributed by atoms with van der Waals surface area (Å²) in [5.74, 6) is -1.34. The highest BCUT2D eigenvalue weighted by molar-refractivity contribution is 8.14. The maximum absolute atomic E-state index is 13.2. The molecule has 0 bridgehead atoms. The molecule has 32 heavy (non-hydrogen) atoms. The molecular formula is C24H41NO5SSi. The molecular weight excluding hydrogens is 442 g/mol. The molecule has 0 spiro atoms. The summed E-state index contributed by atoms with van der Waals surface area (Å²) in [7, 11) is -2.13. The molecule has 1 saturated carbocycles. The zero-order valence-electron chi connectivity index (χ0n) is 20.8. The molecule has 2 fully saturated rings. The van der Waals surface area contributed by atoms with E-state index >= 15 is 0 Å². The zero-order chi connectivity index (χ0) is 24.3. The number of hydrogen-bond acceptors (Lipinski definition) is 6. The topological polar surface area (TPSA) is 72.9 Å². The molecule has 1 aliphatic heterocycles. The number of hydrogen-bond donors (Lipinski definition) is 0. The van der Waals surface area contributed by atoms with Gasteiger partial charge in [0.2, 0.25) is 5.91 Å². The summed E-state index contributed by atoms with van der Waals surface area (Å²) in [5, 5.41) is 0.361. The predicted octanol–water partition coefficient (Wildman–Crippen LogP) is 5.77. The van der Waals surface area contributed by atoms with E-state index in [1.54, 1.807) is 0 Å². The van der Waals surface area contributed by atoms with Crippen molar-refractivity contribution in [2.75, 3.05) is 6.61 Å². The number of likely N-dealkylation sites (tertiary alicyclic amines) is 1. The third kappa shape index (κ3) is 6.06. The Balaban J connectivity index is 2.21. The van der Waals surface area contributed by atoms with Crippen molar-refractivity contribution in [2.45, 2.75) is 102 Å². The lowest BCUT2D eigenvalue weighted by molar-refractivity contribution is -0.163. The number of ether oxygens (including phenoxy) is 1. The molecule has 0 aromatic heterocycles. The summed E-state index contributed by atoms with van der Waals surface area (Å²) in [6.07, 6.45) is 6.00. The first-order chi connectivity index (χ1) is 14.8. The fourth-order valence-corrected chi connectivity index (χ4v) is 6.95. The van der Waals surface area contributed by atoms with Crippen LogP contribution in [0.4, 0.5) is 4.79 Å². The van der Waals surface area contributed by atoms with E-state index in [0.717, 1.165) is 30.6 Å². The first kappa shape index (κ1) is 27.1. The van der Waals surface area contributed by atoms with Gasteiger partial charge in [-0.2, -0.15) is 0 Å². The molecule has 0 N–H and O–H groups in total. The van der Waals surface area contributed by atoms with E-state index in [-0.39, 0.29) is 28.8 Å². The molecule has 1 saturated heterocycles. The summed E-state index contributed by atoms with van der Waals surface area (Å²) in [6.45, 7) is 18.0. The van der Waals surface area contributed by atoms with Crippen LogP contribution in [0.3, 0.4) is 0 Å². The van der Waals surface area contributed by atoms with Gasteiger partial charge in [-0.1, -0.05) is 71.4 Å². The molecule has 2 amide bonds. The molecule has 8 heteroatoms. The van der Waals surface area contributed by atoms with Gasteiger partial charge in [0.15, 0.2) is 13.4 Å². The van der Waals surface area contributed by atoms with Crippen molar-refractivity contribution in [3.63, 3.8) is 0 Å². The highest BCUT2D eigenvalue weighted by atomic mass is 32.2. The van der Waals surface area contributed by atoms with Crippen LogP contribution in [0.2, 0.25) is 18.1 Å². The average Bonchev–Trinajstić information content (AvgIpc) is 2.69. The van der Waals surface area contributed by atoms with Crippen LogP contribution in [-0.4, -0.2) is 54.3 Å². The monoisotopic (exact) mass is 483 g/mol. The smallest absolute Gasteiger partial charge is 0.417 e. The van der Waals surface area contributed by atoms with Gasteiger partial charge in [0, 0.05) is 11.2 Å². The fraction of sp³-hybridized carbons (Fsp3) is 0.792. The summed E-state index contributed by atoms with van der Waals surface area (Å²) < 4.78 is 11.7. The van der Waals surface area contributed by atoms with E-state index in [1.165, 1.54) is 24.3 Å². The number of rotatable bonds is 8. The Bertz CT molecular complexity index is 714. The Kier molecular flexibility index (Phi) is 9.21. The van der Waals surface area contributed by atoms with Crippen molar-refractivity contribution < 1.29 is 23.5 Å². The lowest BCUT2D eigenvalue weighted by Crippen LogP contribution is -2.70. The molecule has 0 aromatic carbocycles. The van der Waals surface area contributed by atoms with E-state index in [9.17, 15) is 14.4 Å². The second-order valence-electron chi connectivity index (χ2n) is 10.7. The Morgan fingerprint density at radius 1 is 1.22 bits per heavy atom. The standard InChI is InChI=1S/C24H41NO5SSi/c1-9-15-29-23(28)25-20(16(2)22(27)31-18-13-11-10-12-14-18)19(21(25)26)17(3)30-32(7,8)24(4,5)6/h9,16-20H,1,10-15H2,2-8H3/t16-,17-,19-,20-/m1/s1. The van der Waals surface area contributed by atoms with Gasteiger partial charge in [0.05, 0.1) is 18.1 Å². The minimum absolute atomic E-state index is 0.00952. The van der Waals surface area contributed by atoms with Gasteiger partial charge >= 0.3 is 6.09 Å². The van der Waals surface area contributed by atoms with Crippen LogP contribution in [0.25, 0.3) is 0 Å². The van der Waals surface area contributed by atoms with Gasteiger partial charge in [-0.15, -0.1) is 0 Å². The Labute approximate surface area is 199 Å². The van der Waals surface area contributed by atoms with Crippen molar-refractivity contribution in [1.82, 2.24) is 4.90 Å². The third-order valence-corrected chi connectivity index (χ3v) is 13.2. The van der Waals surface area contributed by atoms with E-state index < -0.39 is 32.3 Å². The minimum Gasteiger partial charge on any atom is -0.445 e. The summed E-state index contributed by atoms with van der Waals surface area (Å²) >= 11 is 1.39. The number of amides is 2. The number of β-lactam (4-membered cyclic amide) rings is 1. The van der Waals surface area contributed by atoms with Gasteiger partial charge < -0.3 is 9.16 Å². The van der Waals surface area contributed by atoms with Crippen LogP contribution in [0, 0.1) is 11.8 Å². The summed E-state index contributed by atoms with van der Waals surface area (Å²) in [6, 6.07) is -0.553. The van der Waals surface area contributed by atoms with Gasteiger partial charge in [-0.25, -0.2) is 9.69 Å². The number of carbonyl (C=O) groups is 3. The van der Waals surface area contributed by atoms with E-state index in [0.29, 0.717) is 5.25 Å². The quantitative estimate of drug-likeness (QED) is 0.248. The van der Waals surface area contributed by atoms with E-state index in [2.05, 4.69) is 40.4 Å². The minimum atomic E-state index is -2.13. The van der Waals surface area contributed by atoms with Gasteiger partial charge in [0.1, 0.15) is 6.61 Å². The number of nitrogens with zero attached hydrogens (tertiary/aromatic N) is 1. The number of thioether (sulfide) groups is 1. The molecule has 2 aliphatic rings. The highest BCUT2D eigenvalue weighted by Gasteiger charge is 2.58. The molecule has 0 unspecified atom stereocenters. The Morgan fingerprint density at radius 3 is 2.34 bits per heavy atom. The predicted molar refractivity (Wildman–Crippen MR) is 132 cm³/mol. The Morgan fingerprint density at radius 2 is 1.81 bits per heavy atom. The lowest BCUT2D eigenvalue weighted by atomic mass is 9.77. The molecule has 4 atom stereocenters. The van der Waals surface area contributed by atoms with Crippen LogP contribution in [-0.2, 0) is 18.8 Å². The van der Waals surface area contributed by atoms with Crippen LogP contribution in [0.1, 0.15) is 66.7 Å². The third-order valence-electron chi connectivity index (χ3n) is 7.22. The van der Waals surface area contributed by atoms with E-state index in [1.807, 2.05) is 13.8 Å². The van der Waals surface area contributed by atoms with Gasteiger partial charge in [-0.05, 0) is 37.9 Å². The fourth-order valence-electron chi connectivity index (χ4n) is 4.27. The molecule has 0 radical (unpaired) electrons. The van der Waals surface area contributed by atoms with Crippen molar-refractivity contribution in [3.8, 4) is 0 Å². The number of imide groups is 1. The number of carbonyl (C=O) groups excluding carboxylic acids is 3. The first-order valence-electron chi connectivity index (χ1n) is 11.8. The molecule has 182 valence electrons. The second-order valence-corrected chi connectivity index (χ2v) is 16.7. The Hall–Kier alpha value is -1.12. The normalized spacial score (nSPS) is 24.5. The summed E-state index contributed by atoms with van der Waals surface area (Å²) in [4.78, 5) is 40.0. The molecule has 0 aromatic rings. The van der Waals surface area contributed by atoms with Gasteiger partial charge in [0.25, 0.3) is 0 Å². The highest BCUT2D eigenvalue weighted by Crippen LogP contribution is 2.43. The van der Waals surface area contributed by atoms with Crippen molar-refractivity contribution >= 4 is 37.2 Å². The van der Waals surface area contributed by atoms with Crippen molar-refractivity contribution in [2.24, 2.45) is 11.8 Å². The van der Waals surface area contributed by atoms with Crippen LogP contribution in [0.15, 0.2) is 12.7 Å². The first-order valence-corrected chi connectivity index (χ1v) is 15.6. The van der Waals surface area contributed by atoms with Crippen molar-refractivity contribution in [3.05, 3.63) is 12.7 Å². The van der Waals surface area contributed by atoms with Crippen LogP contribution < -0.4 is 0 Å². The van der Waals surface area contributed by atoms with Crippen LogP contribution >= 0.6 is 11.8 Å². The molecule has 1 aliphatic carbocycles. The van der Waals surface area contributed by atoms with E-state index in [4.69, 9.17) is 9.16 Å².